The molecule has 4 aliphatic rings. The van der Waals surface area contributed by atoms with Gasteiger partial charge in [0.25, 0.3) is 0 Å². The Balaban J connectivity index is 1.28. The van der Waals surface area contributed by atoms with Crippen LogP contribution in [0.4, 0.5) is 0 Å². The number of amides is 2. The van der Waals surface area contributed by atoms with Gasteiger partial charge in [0.15, 0.2) is 0 Å². The first-order valence-electron chi connectivity index (χ1n) is 13.2. The van der Waals surface area contributed by atoms with Crippen LogP contribution in [0.5, 0.6) is 0 Å². The summed E-state index contributed by atoms with van der Waals surface area (Å²) in [4.78, 5) is 27.8. The summed E-state index contributed by atoms with van der Waals surface area (Å²) < 4.78 is 6.23. The van der Waals surface area contributed by atoms with Crippen LogP contribution in [0.3, 0.4) is 0 Å². The fraction of sp³-hybridized carbons (Fsp3) is 0.923. The van der Waals surface area contributed by atoms with Crippen molar-refractivity contribution >= 4 is 11.8 Å². The van der Waals surface area contributed by atoms with E-state index in [1.807, 2.05) is 4.90 Å². The number of carbonyl (C=O) groups is 2. The van der Waals surface area contributed by atoms with Crippen LogP contribution in [0.15, 0.2) is 0 Å². The van der Waals surface area contributed by atoms with Crippen LogP contribution >= 0.6 is 0 Å². The molecular formula is C26H45N3O4. The third-order valence-electron chi connectivity index (χ3n) is 8.97. The number of nitrogens with zero attached hydrogens (tertiary/aromatic N) is 1. The molecule has 2 aliphatic heterocycles. The largest absolute Gasteiger partial charge is 0.392 e. The van der Waals surface area contributed by atoms with E-state index in [4.69, 9.17) is 10.5 Å². The normalized spacial score (nSPS) is 36.5. The Morgan fingerprint density at radius 1 is 1.12 bits per heavy atom. The minimum Gasteiger partial charge on any atom is -0.392 e. The van der Waals surface area contributed by atoms with Crippen molar-refractivity contribution in [2.75, 3.05) is 32.8 Å². The van der Waals surface area contributed by atoms with Gasteiger partial charge in [-0.15, -0.1) is 0 Å². The molecule has 1 spiro atoms. The summed E-state index contributed by atoms with van der Waals surface area (Å²) in [5.74, 6) is 0.696. The zero-order valence-corrected chi connectivity index (χ0v) is 20.9. The van der Waals surface area contributed by atoms with E-state index in [0.717, 1.165) is 45.5 Å². The van der Waals surface area contributed by atoms with Crippen LogP contribution in [-0.2, 0) is 14.3 Å². The highest BCUT2D eigenvalue weighted by atomic mass is 16.5. The van der Waals surface area contributed by atoms with E-state index in [0.29, 0.717) is 43.7 Å². The van der Waals surface area contributed by atoms with E-state index in [2.05, 4.69) is 26.1 Å². The van der Waals surface area contributed by atoms with E-state index < -0.39 is 12.0 Å². The molecule has 0 aromatic carbocycles. The smallest absolute Gasteiger partial charge is 0.225 e. The topological polar surface area (TPSA) is 105 Å². The minimum absolute atomic E-state index is 0.00658. The van der Waals surface area contributed by atoms with Crippen molar-refractivity contribution in [3.05, 3.63) is 0 Å². The van der Waals surface area contributed by atoms with Crippen molar-refractivity contribution in [1.82, 2.24) is 10.2 Å². The molecule has 2 heterocycles. The number of hydrogen-bond donors (Lipinski definition) is 3. The first-order valence-corrected chi connectivity index (χ1v) is 13.2. The average Bonchev–Trinajstić information content (AvgIpc) is 3.14. The third-order valence-corrected chi connectivity index (χ3v) is 8.97. The van der Waals surface area contributed by atoms with E-state index in [1.165, 1.54) is 12.8 Å². The highest BCUT2D eigenvalue weighted by molar-refractivity contribution is 5.82. The van der Waals surface area contributed by atoms with Gasteiger partial charge in [0.1, 0.15) is 0 Å². The Hall–Kier alpha value is -1.18. The molecule has 2 saturated carbocycles. The number of likely N-dealkylation sites (tertiary alicyclic amines) is 1. The number of fused-ring (bicyclic) bond motifs is 2. The van der Waals surface area contributed by atoms with Crippen LogP contribution in [0.25, 0.3) is 0 Å². The van der Waals surface area contributed by atoms with E-state index >= 15 is 0 Å². The lowest BCUT2D eigenvalue weighted by Crippen LogP contribution is -2.51. The highest BCUT2D eigenvalue weighted by Gasteiger charge is 2.53. The summed E-state index contributed by atoms with van der Waals surface area (Å²) in [5.41, 5.74) is 6.20. The summed E-state index contributed by atoms with van der Waals surface area (Å²) in [5, 5.41) is 13.6. The molecule has 6 unspecified atom stereocenters. The van der Waals surface area contributed by atoms with Crippen LogP contribution < -0.4 is 11.1 Å². The zero-order chi connectivity index (χ0) is 23.8. The van der Waals surface area contributed by atoms with Crippen LogP contribution in [-0.4, -0.2) is 66.8 Å². The standard InChI is InChI=1S/C26H45N3O4/c1-25(2,3)15-28-23(31)19-6-5-18(13-21(19)30)24(32)29-10-8-26(9-11-29)16-33-22-7-4-17(14-27)12-20(22)26/h17-22,30H,4-16,27H2,1-3H3,(H,28,31). The fourth-order valence-electron chi connectivity index (χ4n) is 6.77. The molecule has 0 bridgehead atoms. The number of rotatable bonds is 4. The molecular weight excluding hydrogens is 418 g/mol. The summed E-state index contributed by atoms with van der Waals surface area (Å²) >= 11 is 0. The molecule has 6 atom stereocenters. The lowest BCUT2D eigenvalue weighted by molar-refractivity contribution is -0.144. The number of piperidine rings is 1. The molecule has 0 aromatic heterocycles. The molecule has 7 heteroatoms. The Labute approximate surface area is 199 Å². The van der Waals surface area contributed by atoms with Crippen molar-refractivity contribution in [3.8, 4) is 0 Å². The van der Waals surface area contributed by atoms with Gasteiger partial charge in [-0.25, -0.2) is 0 Å². The van der Waals surface area contributed by atoms with Crippen molar-refractivity contribution in [2.24, 2.45) is 40.2 Å². The Morgan fingerprint density at radius 2 is 1.85 bits per heavy atom. The van der Waals surface area contributed by atoms with E-state index in [9.17, 15) is 14.7 Å². The first-order chi connectivity index (χ1) is 15.6. The Kier molecular flexibility index (Phi) is 7.42. The number of hydrogen-bond acceptors (Lipinski definition) is 5. The molecule has 4 rings (SSSR count). The number of nitrogens with two attached hydrogens (primary N) is 1. The molecule has 0 radical (unpaired) electrons. The maximum absolute atomic E-state index is 13.3. The van der Waals surface area contributed by atoms with Crippen LogP contribution in [0.2, 0.25) is 0 Å². The predicted octanol–water partition coefficient (Wildman–Crippen LogP) is 2.31. The molecule has 4 fully saturated rings. The quantitative estimate of drug-likeness (QED) is 0.593. The molecule has 33 heavy (non-hydrogen) atoms. The average molecular weight is 464 g/mol. The molecule has 2 amide bonds. The SMILES string of the molecule is CC(C)(C)CNC(=O)C1CCC(C(=O)N2CCC3(CC2)COC2CCC(CN)CC23)CC1O. The summed E-state index contributed by atoms with van der Waals surface area (Å²) in [7, 11) is 0. The van der Waals surface area contributed by atoms with E-state index in [-0.39, 0.29) is 28.6 Å². The summed E-state index contributed by atoms with van der Waals surface area (Å²) in [6.07, 6.45) is 6.75. The van der Waals surface area contributed by atoms with Gasteiger partial charge in [-0.3, -0.25) is 9.59 Å². The lowest BCUT2D eigenvalue weighted by atomic mass is 9.63. The Bertz CT molecular complexity index is 713. The van der Waals surface area contributed by atoms with Gasteiger partial charge in [0.05, 0.1) is 24.7 Å². The maximum Gasteiger partial charge on any atom is 0.225 e. The Morgan fingerprint density at radius 3 is 2.48 bits per heavy atom. The number of aliphatic hydroxyl groups is 1. The third kappa shape index (κ3) is 5.40. The molecule has 0 aromatic rings. The number of ether oxygens (including phenoxy) is 1. The minimum atomic E-state index is -0.747. The van der Waals surface area contributed by atoms with Gasteiger partial charge in [-0.05, 0) is 75.2 Å². The first kappa shape index (κ1) is 24.9. The molecule has 7 nitrogen and oxygen atoms in total. The van der Waals surface area contributed by atoms with Gasteiger partial charge in [0.2, 0.25) is 11.8 Å². The van der Waals surface area contributed by atoms with Gasteiger partial charge >= 0.3 is 0 Å². The molecule has 2 aliphatic carbocycles. The van der Waals surface area contributed by atoms with E-state index in [1.54, 1.807) is 0 Å². The van der Waals surface area contributed by atoms with Crippen molar-refractivity contribution in [3.63, 3.8) is 0 Å². The monoisotopic (exact) mass is 463 g/mol. The zero-order valence-electron chi connectivity index (χ0n) is 20.9. The molecule has 2 saturated heterocycles. The van der Waals surface area contributed by atoms with Crippen molar-refractivity contribution in [1.29, 1.82) is 0 Å². The molecule has 188 valence electrons. The van der Waals surface area contributed by atoms with Gasteiger partial charge in [0, 0.05) is 31.0 Å². The maximum atomic E-state index is 13.3. The van der Waals surface area contributed by atoms with Gasteiger partial charge < -0.3 is 25.8 Å². The fourth-order valence-corrected chi connectivity index (χ4v) is 6.77. The molecule has 4 N–H and O–H groups in total. The second-order valence-corrected chi connectivity index (χ2v) is 12.5. The lowest BCUT2D eigenvalue weighted by Gasteiger charge is -2.46. The highest BCUT2D eigenvalue weighted by Crippen LogP contribution is 2.52. The number of carbonyl (C=O) groups excluding carboxylic acids is 2. The number of nitrogens with one attached hydrogen (secondary N) is 1. The van der Waals surface area contributed by atoms with Gasteiger partial charge in [-0.1, -0.05) is 20.8 Å². The summed E-state index contributed by atoms with van der Waals surface area (Å²) in [6, 6.07) is 0. The van der Waals surface area contributed by atoms with Gasteiger partial charge in [-0.2, -0.15) is 0 Å². The van der Waals surface area contributed by atoms with Crippen LogP contribution in [0.1, 0.15) is 72.1 Å². The second-order valence-electron chi connectivity index (χ2n) is 12.5. The predicted molar refractivity (Wildman–Crippen MR) is 127 cm³/mol. The number of aliphatic hydroxyl groups excluding tert-OH is 1. The second kappa shape index (κ2) is 9.82. The van der Waals surface area contributed by atoms with Crippen molar-refractivity contribution in [2.45, 2.75) is 84.3 Å². The summed E-state index contributed by atoms with van der Waals surface area (Å²) in [6.45, 7) is 9.96. The van der Waals surface area contributed by atoms with Crippen molar-refractivity contribution < 1.29 is 19.4 Å². The van der Waals surface area contributed by atoms with Crippen LogP contribution in [0, 0.1) is 34.5 Å².